The molecule has 0 saturated carbocycles. The summed E-state index contributed by atoms with van der Waals surface area (Å²) in [6.07, 6.45) is 8.35. The van der Waals surface area contributed by atoms with Crippen LogP contribution in [0.4, 0.5) is 4.79 Å². The lowest BCUT2D eigenvalue weighted by molar-refractivity contribution is -0.116. The Balaban J connectivity index is 4.44. The Morgan fingerprint density at radius 1 is 1.10 bits per heavy atom. The number of nitrogens with one attached hydrogen (secondary N) is 1. The first-order chi connectivity index (χ1) is 9.71. The Labute approximate surface area is 123 Å². The van der Waals surface area contributed by atoms with Crippen molar-refractivity contribution in [2.45, 2.75) is 52.4 Å². The van der Waals surface area contributed by atoms with Crippen molar-refractivity contribution < 1.29 is 9.59 Å². The third-order valence-electron chi connectivity index (χ3n) is 3.02. The molecule has 3 amide bonds. The normalized spacial score (nSPS) is 10.1. The van der Waals surface area contributed by atoms with Crippen molar-refractivity contribution in [3.63, 3.8) is 0 Å². The van der Waals surface area contributed by atoms with Crippen LogP contribution in [-0.4, -0.2) is 42.0 Å². The number of hydrazine groups is 1. The van der Waals surface area contributed by atoms with Gasteiger partial charge in [-0.3, -0.25) is 14.7 Å². The van der Waals surface area contributed by atoms with Crippen LogP contribution in [0.25, 0.3) is 0 Å². The average molecular weight is 283 g/mol. The number of nitrogens with zero attached hydrogens (tertiary/aromatic N) is 2. The molecule has 0 unspecified atom stereocenters. The molecule has 5 heteroatoms. The molecular weight excluding hydrogens is 254 g/mol. The van der Waals surface area contributed by atoms with Gasteiger partial charge >= 0.3 is 6.03 Å². The second-order valence-corrected chi connectivity index (χ2v) is 4.80. The van der Waals surface area contributed by atoms with Gasteiger partial charge in [-0.25, -0.2) is 10.2 Å². The van der Waals surface area contributed by atoms with E-state index >= 15 is 0 Å². The molecule has 0 spiro atoms. The van der Waals surface area contributed by atoms with Gasteiger partial charge in [-0.05, 0) is 12.8 Å². The van der Waals surface area contributed by atoms with Gasteiger partial charge in [-0.1, -0.05) is 45.6 Å². The van der Waals surface area contributed by atoms with Crippen molar-refractivity contribution in [3.05, 3.63) is 12.7 Å². The summed E-state index contributed by atoms with van der Waals surface area (Å²) < 4.78 is 0. The van der Waals surface area contributed by atoms with Gasteiger partial charge in [-0.15, -0.1) is 6.58 Å². The number of hydrogen-bond acceptors (Lipinski definition) is 3. The molecule has 0 atom stereocenters. The maximum absolute atomic E-state index is 12.3. The van der Waals surface area contributed by atoms with Crippen molar-refractivity contribution in [1.29, 1.82) is 0 Å². The van der Waals surface area contributed by atoms with E-state index in [0.29, 0.717) is 26.0 Å². The summed E-state index contributed by atoms with van der Waals surface area (Å²) in [5.74, 6) is 0. The zero-order valence-corrected chi connectivity index (χ0v) is 12.9. The molecule has 0 aromatic carbocycles. The molecule has 0 aromatic heterocycles. The summed E-state index contributed by atoms with van der Waals surface area (Å²) in [6, 6.07) is -0.269. The molecule has 0 saturated heterocycles. The number of imide groups is 1. The zero-order chi connectivity index (χ0) is 15.2. The lowest BCUT2D eigenvalue weighted by Crippen LogP contribution is -2.50. The zero-order valence-electron chi connectivity index (χ0n) is 12.9. The first-order valence-corrected chi connectivity index (χ1v) is 7.59. The number of carbonyl (C=O) groups is 2. The number of hydrogen-bond donors (Lipinski definition) is 1. The monoisotopic (exact) mass is 283 g/mol. The molecule has 116 valence electrons. The molecule has 0 aliphatic rings. The van der Waals surface area contributed by atoms with Gasteiger partial charge in [0.2, 0.25) is 6.41 Å². The lowest BCUT2D eigenvalue weighted by atomic mass is 10.2. The maximum Gasteiger partial charge on any atom is 0.340 e. The summed E-state index contributed by atoms with van der Waals surface area (Å²) in [4.78, 5) is 24.6. The van der Waals surface area contributed by atoms with Gasteiger partial charge in [0.25, 0.3) is 0 Å². The van der Waals surface area contributed by atoms with Crippen LogP contribution in [0.15, 0.2) is 12.7 Å². The summed E-state index contributed by atoms with van der Waals surface area (Å²) in [6.45, 7) is 9.45. The molecule has 0 aromatic rings. The molecule has 0 fully saturated rings. The Kier molecular flexibility index (Phi) is 11.8. The first kappa shape index (κ1) is 18.6. The van der Waals surface area contributed by atoms with E-state index in [1.807, 2.05) is 0 Å². The number of unbranched alkanes of at least 4 members (excludes halogenated alkanes) is 4. The highest BCUT2D eigenvalue weighted by atomic mass is 16.2. The molecule has 0 aliphatic carbocycles. The van der Waals surface area contributed by atoms with Crippen molar-refractivity contribution in [3.8, 4) is 0 Å². The van der Waals surface area contributed by atoms with Crippen LogP contribution in [-0.2, 0) is 4.79 Å². The summed E-state index contributed by atoms with van der Waals surface area (Å²) >= 11 is 0. The first-order valence-electron chi connectivity index (χ1n) is 7.59. The van der Waals surface area contributed by atoms with Crippen LogP contribution in [0.5, 0.6) is 0 Å². The maximum atomic E-state index is 12.3. The van der Waals surface area contributed by atoms with Gasteiger partial charge in [0.1, 0.15) is 0 Å². The van der Waals surface area contributed by atoms with Gasteiger partial charge in [0.15, 0.2) is 0 Å². The molecule has 0 radical (unpaired) electrons. The highest BCUT2D eigenvalue weighted by Gasteiger charge is 2.19. The van der Waals surface area contributed by atoms with E-state index in [9.17, 15) is 9.59 Å². The standard InChI is InChI=1S/C15H29N3O2/c1-4-7-9-12-17(14-19)15(20)18(16-11-6-3)13-10-8-5-2/h6,14,16H,3-5,7-13H2,1-2H3. The van der Waals surface area contributed by atoms with E-state index in [-0.39, 0.29) is 6.03 Å². The highest BCUT2D eigenvalue weighted by Crippen LogP contribution is 2.03. The fraction of sp³-hybridized carbons (Fsp3) is 0.733. The number of amides is 3. The van der Waals surface area contributed by atoms with E-state index in [2.05, 4.69) is 25.9 Å². The molecule has 20 heavy (non-hydrogen) atoms. The van der Waals surface area contributed by atoms with Crippen LogP contribution in [0, 0.1) is 0 Å². The Morgan fingerprint density at radius 2 is 1.70 bits per heavy atom. The third kappa shape index (κ3) is 7.94. The summed E-state index contributed by atoms with van der Waals surface area (Å²) in [7, 11) is 0. The van der Waals surface area contributed by atoms with Gasteiger partial charge in [0, 0.05) is 19.6 Å². The number of carbonyl (C=O) groups excluding carboxylic acids is 2. The molecular formula is C15H29N3O2. The van der Waals surface area contributed by atoms with Gasteiger partial charge < -0.3 is 0 Å². The molecule has 0 bridgehead atoms. The van der Waals surface area contributed by atoms with Gasteiger partial charge in [-0.2, -0.15) is 0 Å². The van der Waals surface area contributed by atoms with Crippen LogP contribution < -0.4 is 5.43 Å². The van der Waals surface area contributed by atoms with Crippen LogP contribution in [0.2, 0.25) is 0 Å². The van der Waals surface area contributed by atoms with Crippen LogP contribution in [0.3, 0.4) is 0 Å². The smallest absolute Gasteiger partial charge is 0.278 e. The Morgan fingerprint density at radius 3 is 2.20 bits per heavy atom. The van der Waals surface area contributed by atoms with E-state index in [0.717, 1.165) is 38.5 Å². The topological polar surface area (TPSA) is 52.7 Å². The Bertz CT molecular complexity index is 282. The summed E-state index contributed by atoms with van der Waals surface area (Å²) in [5.41, 5.74) is 3.00. The predicted octanol–water partition coefficient (Wildman–Crippen LogP) is 2.94. The highest BCUT2D eigenvalue weighted by molar-refractivity contribution is 5.84. The SMILES string of the molecule is C=CCNN(CCCCC)C(=O)N(C=O)CCCCC. The minimum absolute atomic E-state index is 0.269. The van der Waals surface area contributed by atoms with Crippen molar-refractivity contribution in [2.75, 3.05) is 19.6 Å². The van der Waals surface area contributed by atoms with Crippen LogP contribution in [0.1, 0.15) is 52.4 Å². The Hall–Kier alpha value is -1.36. The fourth-order valence-corrected chi connectivity index (χ4v) is 1.82. The predicted molar refractivity (Wildman–Crippen MR) is 82.1 cm³/mol. The number of urea groups is 1. The molecule has 5 nitrogen and oxygen atoms in total. The number of rotatable bonds is 12. The average Bonchev–Trinajstić information content (AvgIpc) is 2.46. The fourth-order valence-electron chi connectivity index (χ4n) is 1.82. The molecule has 0 rings (SSSR count). The van der Waals surface area contributed by atoms with Crippen molar-refractivity contribution in [2.24, 2.45) is 0 Å². The quantitative estimate of drug-likeness (QED) is 0.259. The van der Waals surface area contributed by atoms with E-state index in [1.54, 1.807) is 6.08 Å². The van der Waals surface area contributed by atoms with E-state index in [1.165, 1.54) is 9.91 Å². The molecule has 0 aliphatic heterocycles. The molecule has 0 heterocycles. The minimum Gasteiger partial charge on any atom is -0.278 e. The largest absolute Gasteiger partial charge is 0.340 e. The minimum atomic E-state index is -0.269. The lowest BCUT2D eigenvalue weighted by Gasteiger charge is -2.27. The second kappa shape index (κ2) is 12.7. The van der Waals surface area contributed by atoms with E-state index in [4.69, 9.17) is 0 Å². The molecule has 1 N–H and O–H groups in total. The van der Waals surface area contributed by atoms with Crippen molar-refractivity contribution in [1.82, 2.24) is 15.3 Å². The van der Waals surface area contributed by atoms with E-state index < -0.39 is 0 Å². The van der Waals surface area contributed by atoms with Crippen molar-refractivity contribution >= 4 is 12.4 Å². The van der Waals surface area contributed by atoms with Gasteiger partial charge in [0.05, 0.1) is 0 Å². The third-order valence-corrected chi connectivity index (χ3v) is 3.02. The second-order valence-electron chi connectivity index (χ2n) is 4.80. The summed E-state index contributed by atoms with van der Waals surface area (Å²) in [5, 5.41) is 1.53. The van der Waals surface area contributed by atoms with Crippen LogP contribution >= 0.6 is 0 Å².